The highest BCUT2D eigenvalue weighted by molar-refractivity contribution is 7.87. The zero-order valence-corrected chi connectivity index (χ0v) is 13.6. The van der Waals surface area contributed by atoms with E-state index in [-0.39, 0.29) is 12.1 Å². The third-order valence-corrected chi connectivity index (χ3v) is 6.57. The summed E-state index contributed by atoms with van der Waals surface area (Å²) in [5.74, 6) is 0.401. The molecular weight excluding hydrogens is 274 g/mol. The molecule has 1 aliphatic heterocycles. The lowest BCUT2D eigenvalue weighted by molar-refractivity contribution is 0.273. The molecule has 0 radical (unpaired) electrons. The Balaban J connectivity index is 1.91. The SMILES string of the molecule is CC(NS(=O)(=O)N(C)C1CCCCC1)C1CCCNC1. The highest BCUT2D eigenvalue weighted by Gasteiger charge is 2.30. The highest BCUT2D eigenvalue weighted by atomic mass is 32.2. The van der Waals surface area contributed by atoms with Crippen LogP contribution in [0.5, 0.6) is 0 Å². The normalized spacial score (nSPS) is 27.6. The molecule has 0 aromatic heterocycles. The van der Waals surface area contributed by atoms with Gasteiger partial charge in [0.2, 0.25) is 0 Å². The van der Waals surface area contributed by atoms with E-state index in [1.54, 1.807) is 11.4 Å². The second kappa shape index (κ2) is 7.20. The number of hydrogen-bond acceptors (Lipinski definition) is 3. The summed E-state index contributed by atoms with van der Waals surface area (Å²) in [7, 11) is -1.63. The predicted octanol–water partition coefficient (Wildman–Crippen LogP) is 1.47. The minimum absolute atomic E-state index is 0.00107. The van der Waals surface area contributed by atoms with Gasteiger partial charge in [0.05, 0.1) is 0 Å². The topological polar surface area (TPSA) is 61.4 Å². The molecule has 2 atom stereocenters. The lowest BCUT2D eigenvalue weighted by Crippen LogP contribution is -2.51. The van der Waals surface area contributed by atoms with Gasteiger partial charge in [-0.2, -0.15) is 17.4 Å². The van der Waals surface area contributed by atoms with Crippen LogP contribution < -0.4 is 10.0 Å². The van der Waals surface area contributed by atoms with E-state index in [1.807, 2.05) is 6.92 Å². The van der Waals surface area contributed by atoms with E-state index in [1.165, 1.54) is 6.42 Å². The molecular formula is C14H29N3O2S. The summed E-state index contributed by atoms with van der Waals surface area (Å²) in [5, 5.41) is 3.35. The Labute approximate surface area is 123 Å². The van der Waals surface area contributed by atoms with Crippen molar-refractivity contribution in [2.24, 2.45) is 5.92 Å². The molecule has 118 valence electrons. The molecule has 1 aliphatic carbocycles. The number of piperidine rings is 1. The molecule has 2 unspecified atom stereocenters. The average molecular weight is 303 g/mol. The Morgan fingerprint density at radius 2 is 1.85 bits per heavy atom. The maximum absolute atomic E-state index is 12.5. The van der Waals surface area contributed by atoms with Crippen LogP contribution in [0.3, 0.4) is 0 Å². The van der Waals surface area contributed by atoms with Gasteiger partial charge in [0, 0.05) is 19.1 Å². The Hall–Kier alpha value is -0.170. The molecule has 0 aromatic rings. The quantitative estimate of drug-likeness (QED) is 0.808. The van der Waals surface area contributed by atoms with E-state index in [0.29, 0.717) is 5.92 Å². The van der Waals surface area contributed by atoms with Crippen LogP contribution in [-0.4, -0.2) is 44.9 Å². The average Bonchev–Trinajstić information content (AvgIpc) is 2.48. The molecule has 0 aromatic carbocycles. The van der Waals surface area contributed by atoms with Gasteiger partial charge >= 0.3 is 0 Å². The molecule has 2 N–H and O–H groups in total. The summed E-state index contributed by atoms with van der Waals surface area (Å²) in [6.45, 7) is 3.96. The summed E-state index contributed by atoms with van der Waals surface area (Å²) in [6, 6.07) is 0.178. The molecule has 2 fully saturated rings. The van der Waals surface area contributed by atoms with Crippen molar-refractivity contribution in [1.29, 1.82) is 0 Å². The van der Waals surface area contributed by atoms with Crippen molar-refractivity contribution >= 4 is 10.2 Å². The maximum Gasteiger partial charge on any atom is 0.279 e. The lowest BCUT2D eigenvalue weighted by Gasteiger charge is -2.34. The first-order chi connectivity index (χ1) is 9.50. The van der Waals surface area contributed by atoms with E-state index in [0.717, 1.165) is 51.6 Å². The van der Waals surface area contributed by atoms with Crippen LogP contribution in [0.4, 0.5) is 0 Å². The minimum atomic E-state index is -3.35. The molecule has 1 heterocycles. The summed E-state index contributed by atoms with van der Waals surface area (Å²) >= 11 is 0. The zero-order valence-electron chi connectivity index (χ0n) is 12.8. The standard InChI is InChI=1S/C14H29N3O2S/c1-12(13-7-6-10-15-11-13)16-20(18,19)17(2)14-8-4-3-5-9-14/h12-16H,3-11H2,1-2H3. The molecule has 0 amide bonds. The van der Waals surface area contributed by atoms with Crippen molar-refractivity contribution in [3.8, 4) is 0 Å². The molecule has 0 bridgehead atoms. The fourth-order valence-electron chi connectivity index (χ4n) is 3.36. The second-order valence-corrected chi connectivity index (χ2v) is 8.09. The van der Waals surface area contributed by atoms with Gasteiger partial charge in [-0.25, -0.2) is 0 Å². The lowest BCUT2D eigenvalue weighted by atomic mass is 9.94. The van der Waals surface area contributed by atoms with Crippen LogP contribution in [0, 0.1) is 5.92 Å². The molecule has 1 saturated heterocycles. The fourth-order valence-corrected chi connectivity index (χ4v) is 4.79. The summed E-state index contributed by atoms with van der Waals surface area (Å²) in [6.07, 6.45) is 7.76. The minimum Gasteiger partial charge on any atom is -0.316 e. The molecule has 0 spiro atoms. The highest BCUT2D eigenvalue weighted by Crippen LogP contribution is 2.23. The van der Waals surface area contributed by atoms with Crippen molar-refractivity contribution < 1.29 is 8.42 Å². The monoisotopic (exact) mass is 303 g/mol. The first-order valence-corrected chi connectivity index (χ1v) is 9.40. The van der Waals surface area contributed by atoms with Crippen molar-refractivity contribution in [2.75, 3.05) is 20.1 Å². The second-order valence-electron chi connectivity index (χ2n) is 6.33. The van der Waals surface area contributed by atoms with E-state index >= 15 is 0 Å². The van der Waals surface area contributed by atoms with Crippen LogP contribution in [0.2, 0.25) is 0 Å². The molecule has 6 heteroatoms. The van der Waals surface area contributed by atoms with Gasteiger partial charge in [-0.1, -0.05) is 19.3 Å². The third kappa shape index (κ3) is 4.16. The smallest absolute Gasteiger partial charge is 0.279 e. The number of hydrogen-bond donors (Lipinski definition) is 2. The van der Waals surface area contributed by atoms with Crippen LogP contribution in [0.25, 0.3) is 0 Å². The van der Waals surface area contributed by atoms with Crippen LogP contribution >= 0.6 is 0 Å². The number of nitrogens with zero attached hydrogens (tertiary/aromatic N) is 1. The molecule has 5 nitrogen and oxygen atoms in total. The van der Waals surface area contributed by atoms with E-state index < -0.39 is 10.2 Å². The largest absolute Gasteiger partial charge is 0.316 e. The van der Waals surface area contributed by atoms with Crippen LogP contribution in [0.15, 0.2) is 0 Å². The number of rotatable bonds is 5. The van der Waals surface area contributed by atoms with Gasteiger partial charge in [0.15, 0.2) is 0 Å². The Morgan fingerprint density at radius 3 is 2.45 bits per heavy atom. The van der Waals surface area contributed by atoms with Gasteiger partial charge in [-0.15, -0.1) is 0 Å². The fraction of sp³-hybridized carbons (Fsp3) is 1.00. The van der Waals surface area contributed by atoms with Crippen molar-refractivity contribution in [2.45, 2.75) is 64.0 Å². The summed E-state index contributed by atoms with van der Waals surface area (Å²) < 4.78 is 29.4. The van der Waals surface area contributed by atoms with Crippen molar-refractivity contribution in [3.63, 3.8) is 0 Å². The molecule has 1 saturated carbocycles. The van der Waals surface area contributed by atoms with Gasteiger partial charge < -0.3 is 5.32 Å². The Kier molecular flexibility index (Phi) is 5.84. The molecule has 20 heavy (non-hydrogen) atoms. The first-order valence-electron chi connectivity index (χ1n) is 7.96. The van der Waals surface area contributed by atoms with Gasteiger partial charge in [0.1, 0.15) is 0 Å². The van der Waals surface area contributed by atoms with Crippen molar-refractivity contribution in [1.82, 2.24) is 14.3 Å². The summed E-state index contributed by atoms with van der Waals surface area (Å²) in [4.78, 5) is 0. The van der Waals surface area contributed by atoms with Crippen LogP contribution in [-0.2, 0) is 10.2 Å². The van der Waals surface area contributed by atoms with E-state index in [4.69, 9.17) is 0 Å². The Bertz CT molecular complexity index is 387. The third-order valence-electron chi connectivity index (χ3n) is 4.84. The maximum atomic E-state index is 12.5. The van der Waals surface area contributed by atoms with E-state index in [9.17, 15) is 8.42 Å². The predicted molar refractivity (Wildman–Crippen MR) is 81.7 cm³/mol. The molecule has 2 rings (SSSR count). The number of nitrogens with one attached hydrogen (secondary N) is 2. The summed E-state index contributed by atoms with van der Waals surface area (Å²) in [5.41, 5.74) is 0. The van der Waals surface area contributed by atoms with Crippen LogP contribution in [0.1, 0.15) is 51.9 Å². The van der Waals surface area contributed by atoms with Gasteiger partial charge in [-0.05, 0) is 51.6 Å². The van der Waals surface area contributed by atoms with Gasteiger partial charge in [-0.3, -0.25) is 0 Å². The van der Waals surface area contributed by atoms with Gasteiger partial charge in [0.25, 0.3) is 10.2 Å². The zero-order chi connectivity index (χ0) is 14.6. The molecule has 2 aliphatic rings. The van der Waals surface area contributed by atoms with E-state index in [2.05, 4.69) is 10.0 Å². The first kappa shape index (κ1) is 16.2. The van der Waals surface area contributed by atoms with Crippen molar-refractivity contribution in [3.05, 3.63) is 0 Å². The Morgan fingerprint density at radius 1 is 1.15 bits per heavy atom.